The van der Waals surface area contributed by atoms with Gasteiger partial charge in [-0.15, -0.1) is 5.10 Å². The number of nitrogens with zero attached hydrogens (tertiary/aromatic N) is 4. The summed E-state index contributed by atoms with van der Waals surface area (Å²) in [6.45, 7) is 1.33. The number of carboxylic acid groups (broad SMARTS) is 1. The summed E-state index contributed by atoms with van der Waals surface area (Å²) >= 11 is 0. The van der Waals surface area contributed by atoms with Crippen LogP contribution in [0.15, 0.2) is 18.3 Å². The van der Waals surface area contributed by atoms with Gasteiger partial charge in [0.05, 0.1) is 11.6 Å². The van der Waals surface area contributed by atoms with Gasteiger partial charge in [0.25, 0.3) is 0 Å². The van der Waals surface area contributed by atoms with E-state index in [9.17, 15) is 4.79 Å². The molecule has 2 aromatic heterocycles. The lowest BCUT2D eigenvalue weighted by Gasteiger charge is -2.32. The highest BCUT2D eigenvalue weighted by molar-refractivity contribution is 5.74. The predicted molar refractivity (Wildman–Crippen MR) is 70.0 cm³/mol. The van der Waals surface area contributed by atoms with Crippen molar-refractivity contribution >= 4 is 23.3 Å². The zero-order valence-electron chi connectivity index (χ0n) is 10.4. The molecule has 2 aromatic rings. The molecule has 1 saturated heterocycles. The van der Waals surface area contributed by atoms with E-state index in [0.717, 1.165) is 25.1 Å². The fourth-order valence-corrected chi connectivity index (χ4v) is 2.55. The Kier molecular flexibility index (Phi) is 2.73. The monoisotopic (exact) mass is 261 g/mol. The number of carbonyl (C=O) groups is 1. The van der Waals surface area contributed by atoms with Crippen molar-refractivity contribution in [1.82, 2.24) is 14.6 Å². The average molecular weight is 261 g/mol. The predicted octanol–water partition coefficient (Wildman–Crippen LogP) is 0.612. The Balaban J connectivity index is 1.97. The number of pyridine rings is 1. The zero-order valence-corrected chi connectivity index (χ0v) is 10.4. The van der Waals surface area contributed by atoms with Gasteiger partial charge in [0.2, 0.25) is 5.95 Å². The van der Waals surface area contributed by atoms with Crippen LogP contribution in [-0.2, 0) is 4.79 Å². The number of carboxylic acids is 1. The molecule has 19 heavy (non-hydrogen) atoms. The van der Waals surface area contributed by atoms with Crippen LogP contribution >= 0.6 is 0 Å². The van der Waals surface area contributed by atoms with Gasteiger partial charge in [-0.2, -0.15) is 4.98 Å². The molecular weight excluding hydrogens is 246 g/mol. The minimum Gasteiger partial charge on any atom is -0.481 e. The van der Waals surface area contributed by atoms with E-state index in [1.54, 1.807) is 10.7 Å². The lowest BCUT2D eigenvalue weighted by atomic mass is 9.98. The van der Waals surface area contributed by atoms with Crippen LogP contribution in [0.3, 0.4) is 0 Å². The van der Waals surface area contributed by atoms with Gasteiger partial charge in [-0.25, -0.2) is 4.52 Å². The molecule has 0 aliphatic carbocycles. The molecule has 1 atom stereocenters. The van der Waals surface area contributed by atoms with Crippen molar-refractivity contribution in [3.05, 3.63) is 18.3 Å². The van der Waals surface area contributed by atoms with Crippen LogP contribution in [0.4, 0.5) is 11.6 Å². The van der Waals surface area contributed by atoms with Crippen LogP contribution in [0.5, 0.6) is 0 Å². The Morgan fingerprint density at radius 3 is 3.16 bits per heavy atom. The maximum absolute atomic E-state index is 11.1. The molecule has 0 spiro atoms. The number of hydrogen-bond acceptors (Lipinski definition) is 5. The summed E-state index contributed by atoms with van der Waals surface area (Å²) in [5.74, 6) is -0.842. The summed E-state index contributed by atoms with van der Waals surface area (Å²) in [6, 6.07) is 3.79. The first kappa shape index (κ1) is 11.8. The van der Waals surface area contributed by atoms with Crippen LogP contribution in [0.1, 0.15) is 12.8 Å². The largest absolute Gasteiger partial charge is 0.481 e. The fraction of sp³-hybridized carbons (Fsp3) is 0.417. The van der Waals surface area contributed by atoms with Gasteiger partial charge in [0, 0.05) is 19.3 Å². The molecule has 3 rings (SSSR count). The molecular formula is C12H15N5O2. The average Bonchev–Trinajstić information content (AvgIpc) is 2.78. The maximum atomic E-state index is 11.1. The van der Waals surface area contributed by atoms with Gasteiger partial charge in [-0.1, -0.05) is 0 Å². The Morgan fingerprint density at radius 2 is 2.37 bits per heavy atom. The highest BCUT2D eigenvalue weighted by Gasteiger charge is 2.26. The van der Waals surface area contributed by atoms with Crippen LogP contribution in [-0.4, -0.2) is 38.8 Å². The molecule has 0 saturated carbocycles. The third kappa shape index (κ3) is 2.07. The fourth-order valence-electron chi connectivity index (χ4n) is 2.55. The van der Waals surface area contributed by atoms with Crippen molar-refractivity contribution in [2.75, 3.05) is 23.7 Å². The van der Waals surface area contributed by atoms with Gasteiger partial charge < -0.3 is 15.7 Å². The van der Waals surface area contributed by atoms with Crippen LogP contribution in [0.25, 0.3) is 5.65 Å². The molecule has 7 nitrogen and oxygen atoms in total. The molecule has 0 amide bonds. The number of rotatable bonds is 2. The van der Waals surface area contributed by atoms with Crippen molar-refractivity contribution in [1.29, 1.82) is 0 Å². The lowest BCUT2D eigenvalue weighted by molar-refractivity contribution is -0.141. The first-order valence-corrected chi connectivity index (χ1v) is 6.24. The molecule has 0 aromatic carbocycles. The summed E-state index contributed by atoms with van der Waals surface area (Å²) in [7, 11) is 0. The van der Waals surface area contributed by atoms with Gasteiger partial charge in [0.1, 0.15) is 0 Å². The number of aromatic nitrogens is 3. The standard InChI is InChI=1S/C12H15N5O2/c13-12-14-10-9(4-2-6-17(10)15-12)16-5-1-3-8(7-16)11(18)19/h2,4,6,8H,1,3,5,7H2,(H2,13,15)(H,18,19). The van der Waals surface area contributed by atoms with E-state index in [1.165, 1.54) is 0 Å². The number of fused-ring (bicyclic) bond motifs is 1. The molecule has 0 bridgehead atoms. The molecule has 1 aliphatic rings. The van der Waals surface area contributed by atoms with Gasteiger partial charge in [-0.05, 0) is 25.0 Å². The Morgan fingerprint density at radius 1 is 1.53 bits per heavy atom. The van der Waals surface area contributed by atoms with Crippen molar-refractivity contribution in [2.24, 2.45) is 5.92 Å². The lowest BCUT2D eigenvalue weighted by Crippen LogP contribution is -2.38. The van der Waals surface area contributed by atoms with Gasteiger partial charge in [0.15, 0.2) is 5.65 Å². The summed E-state index contributed by atoms with van der Waals surface area (Å²) in [5, 5.41) is 13.2. The van der Waals surface area contributed by atoms with E-state index in [4.69, 9.17) is 10.8 Å². The first-order chi connectivity index (χ1) is 9.15. The highest BCUT2D eigenvalue weighted by Crippen LogP contribution is 2.26. The van der Waals surface area contributed by atoms with Crippen LogP contribution < -0.4 is 10.6 Å². The number of anilines is 2. The van der Waals surface area contributed by atoms with Crippen molar-refractivity contribution in [3.63, 3.8) is 0 Å². The Hall–Kier alpha value is -2.31. The topological polar surface area (TPSA) is 96.8 Å². The van der Waals surface area contributed by atoms with E-state index in [2.05, 4.69) is 10.1 Å². The smallest absolute Gasteiger partial charge is 0.308 e. The molecule has 3 heterocycles. The SMILES string of the molecule is Nc1nc2c(N3CCCC(C(=O)O)C3)cccn2n1. The van der Waals surface area contributed by atoms with E-state index in [0.29, 0.717) is 12.2 Å². The van der Waals surface area contributed by atoms with Crippen LogP contribution in [0, 0.1) is 5.92 Å². The van der Waals surface area contributed by atoms with E-state index < -0.39 is 5.97 Å². The third-order valence-corrected chi connectivity index (χ3v) is 3.47. The van der Waals surface area contributed by atoms with Crippen LogP contribution in [0.2, 0.25) is 0 Å². The number of nitrogen functional groups attached to an aromatic ring is 1. The Bertz CT molecular complexity index is 624. The zero-order chi connectivity index (χ0) is 13.4. The quantitative estimate of drug-likeness (QED) is 0.822. The second-order valence-corrected chi connectivity index (χ2v) is 4.76. The molecule has 1 fully saturated rings. The molecule has 1 aliphatic heterocycles. The normalized spacial score (nSPS) is 19.8. The minimum atomic E-state index is -0.738. The molecule has 7 heteroatoms. The van der Waals surface area contributed by atoms with E-state index in [1.807, 2.05) is 17.0 Å². The molecule has 0 radical (unpaired) electrons. The highest BCUT2D eigenvalue weighted by atomic mass is 16.4. The minimum absolute atomic E-state index is 0.222. The summed E-state index contributed by atoms with van der Waals surface area (Å²) in [5.41, 5.74) is 7.17. The Labute approximate surface area is 109 Å². The summed E-state index contributed by atoms with van der Waals surface area (Å²) < 4.78 is 1.62. The van der Waals surface area contributed by atoms with Crippen molar-refractivity contribution in [2.45, 2.75) is 12.8 Å². The maximum Gasteiger partial charge on any atom is 0.308 e. The number of aliphatic carboxylic acids is 1. The van der Waals surface area contributed by atoms with Gasteiger partial charge >= 0.3 is 5.97 Å². The first-order valence-electron chi connectivity index (χ1n) is 6.24. The second-order valence-electron chi connectivity index (χ2n) is 4.76. The van der Waals surface area contributed by atoms with Crippen molar-refractivity contribution < 1.29 is 9.90 Å². The van der Waals surface area contributed by atoms with E-state index >= 15 is 0 Å². The van der Waals surface area contributed by atoms with Gasteiger partial charge in [-0.3, -0.25) is 4.79 Å². The number of nitrogens with two attached hydrogens (primary N) is 1. The third-order valence-electron chi connectivity index (χ3n) is 3.47. The molecule has 3 N–H and O–H groups in total. The van der Waals surface area contributed by atoms with E-state index in [-0.39, 0.29) is 11.9 Å². The van der Waals surface area contributed by atoms with Crippen molar-refractivity contribution in [3.8, 4) is 0 Å². The second kappa shape index (κ2) is 4.42. The molecule has 100 valence electrons. The number of hydrogen-bond donors (Lipinski definition) is 2. The molecule has 1 unspecified atom stereocenters. The number of piperidine rings is 1. The summed E-state index contributed by atoms with van der Waals surface area (Å²) in [4.78, 5) is 17.4. The summed E-state index contributed by atoms with van der Waals surface area (Å²) in [6.07, 6.45) is 3.37.